The molecule has 0 saturated heterocycles. The molecule has 0 N–H and O–H groups in total. The first-order valence-electron chi connectivity index (χ1n) is 4.51. The average Bonchev–Trinajstić information content (AvgIpc) is 2.54. The van der Waals surface area contributed by atoms with Crippen LogP contribution in [0.5, 0.6) is 0 Å². The molecule has 0 radical (unpaired) electrons. The zero-order valence-electron chi connectivity index (χ0n) is 7.82. The Labute approximate surface area is 79.6 Å². The minimum atomic E-state index is 0.645. The first-order valence-corrected chi connectivity index (χ1v) is 4.51. The van der Waals surface area contributed by atoms with Gasteiger partial charge in [-0.2, -0.15) is 5.26 Å². The second-order valence-corrected chi connectivity index (χ2v) is 3.07. The molecule has 3 heteroatoms. The van der Waals surface area contributed by atoms with Crippen molar-refractivity contribution in [3.63, 3.8) is 0 Å². The molecule has 13 heavy (non-hydrogen) atoms. The van der Waals surface area contributed by atoms with Gasteiger partial charge in [0.05, 0.1) is 12.7 Å². The van der Waals surface area contributed by atoms with E-state index in [2.05, 4.69) is 34.8 Å². The second-order valence-electron chi connectivity index (χ2n) is 3.07. The lowest BCUT2D eigenvalue weighted by molar-refractivity contribution is 0.279. The van der Waals surface area contributed by atoms with E-state index in [1.165, 1.54) is 0 Å². The van der Waals surface area contributed by atoms with Gasteiger partial charge in [-0.15, -0.1) is 6.58 Å². The summed E-state index contributed by atoms with van der Waals surface area (Å²) in [7, 11) is 0. The van der Waals surface area contributed by atoms with E-state index < -0.39 is 0 Å². The minimum Gasteiger partial charge on any atom is -0.359 e. The van der Waals surface area contributed by atoms with Crippen LogP contribution in [0.1, 0.15) is 12.8 Å². The summed E-state index contributed by atoms with van der Waals surface area (Å²) in [6, 6.07) is 2.15. The second kappa shape index (κ2) is 5.26. The van der Waals surface area contributed by atoms with Crippen LogP contribution in [0.3, 0.4) is 0 Å². The van der Waals surface area contributed by atoms with Crippen LogP contribution in [0.4, 0.5) is 0 Å². The predicted octanol–water partition coefficient (Wildman–Crippen LogP) is 1.52. The zero-order valence-corrected chi connectivity index (χ0v) is 7.82. The van der Waals surface area contributed by atoms with Crippen LogP contribution in [0.15, 0.2) is 25.1 Å². The van der Waals surface area contributed by atoms with E-state index in [1.54, 1.807) is 0 Å². The molecule has 0 saturated carbocycles. The smallest absolute Gasteiger partial charge is 0.0896 e. The van der Waals surface area contributed by atoms with Gasteiger partial charge in [0.25, 0.3) is 0 Å². The number of nitrogens with zero attached hydrogens (tertiary/aromatic N) is 3. The van der Waals surface area contributed by atoms with Crippen LogP contribution >= 0.6 is 0 Å². The molecule has 0 spiro atoms. The molecule has 3 nitrogen and oxygen atoms in total. The Morgan fingerprint density at radius 1 is 1.46 bits per heavy atom. The number of hydrogen-bond donors (Lipinski definition) is 0. The maximum Gasteiger partial charge on any atom is 0.0896 e. The largest absolute Gasteiger partial charge is 0.359 e. The molecular weight excluding hydrogens is 162 g/mol. The van der Waals surface area contributed by atoms with Gasteiger partial charge in [0, 0.05) is 31.9 Å². The van der Waals surface area contributed by atoms with Crippen molar-refractivity contribution in [2.45, 2.75) is 12.8 Å². The van der Waals surface area contributed by atoms with Crippen LogP contribution in [0, 0.1) is 11.3 Å². The van der Waals surface area contributed by atoms with Crippen molar-refractivity contribution in [3.8, 4) is 6.07 Å². The molecule has 0 unspecified atom stereocenters. The Kier molecular flexibility index (Phi) is 3.90. The van der Waals surface area contributed by atoms with Gasteiger partial charge < -0.3 is 9.80 Å². The molecule has 0 aliphatic carbocycles. The SMILES string of the molecule is C=CCN1C=CN(CCCC#N)C1. The summed E-state index contributed by atoms with van der Waals surface area (Å²) in [6.45, 7) is 6.48. The molecule has 1 rings (SSSR count). The number of rotatable bonds is 5. The summed E-state index contributed by atoms with van der Waals surface area (Å²) < 4.78 is 0. The topological polar surface area (TPSA) is 30.3 Å². The average molecular weight is 177 g/mol. The van der Waals surface area contributed by atoms with E-state index in [1.807, 2.05) is 6.08 Å². The third-order valence-electron chi connectivity index (χ3n) is 1.95. The quantitative estimate of drug-likeness (QED) is 0.471. The van der Waals surface area contributed by atoms with Crippen molar-refractivity contribution in [3.05, 3.63) is 25.1 Å². The van der Waals surface area contributed by atoms with Crippen molar-refractivity contribution in [2.24, 2.45) is 0 Å². The van der Waals surface area contributed by atoms with Crippen molar-refractivity contribution < 1.29 is 0 Å². The summed E-state index contributed by atoms with van der Waals surface area (Å²) in [5.74, 6) is 0. The zero-order chi connectivity index (χ0) is 9.52. The highest BCUT2D eigenvalue weighted by Gasteiger charge is 2.09. The van der Waals surface area contributed by atoms with Gasteiger partial charge in [0.2, 0.25) is 0 Å². The van der Waals surface area contributed by atoms with E-state index in [-0.39, 0.29) is 0 Å². The van der Waals surface area contributed by atoms with Crippen molar-refractivity contribution in [2.75, 3.05) is 19.8 Å². The Balaban J connectivity index is 2.15. The van der Waals surface area contributed by atoms with Crippen molar-refractivity contribution in [1.82, 2.24) is 9.80 Å². The maximum absolute atomic E-state index is 8.37. The number of unbranched alkanes of at least 4 members (excludes halogenated alkanes) is 1. The summed E-state index contributed by atoms with van der Waals surface area (Å²) in [5.41, 5.74) is 0. The molecule has 0 bridgehead atoms. The van der Waals surface area contributed by atoms with Crippen molar-refractivity contribution in [1.29, 1.82) is 5.26 Å². The lowest BCUT2D eigenvalue weighted by Gasteiger charge is -2.19. The lowest BCUT2D eigenvalue weighted by atomic mass is 10.3. The van der Waals surface area contributed by atoms with Gasteiger partial charge >= 0.3 is 0 Å². The van der Waals surface area contributed by atoms with E-state index in [0.29, 0.717) is 6.42 Å². The normalized spacial score (nSPS) is 14.7. The van der Waals surface area contributed by atoms with Gasteiger partial charge in [-0.05, 0) is 6.42 Å². The van der Waals surface area contributed by atoms with Gasteiger partial charge in [0.1, 0.15) is 0 Å². The molecule has 1 aliphatic heterocycles. The molecule has 0 fully saturated rings. The Morgan fingerprint density at radius 3 is 2.92 bits per heavy atom. The van der Waals surface area contributed by atoms with Crippen LogP contribution in [0.25, 0.3) is 0 Å². The summed E-state index contributed by atoms with van der Waals surface area (Å²) in [6.07, 6.45) is 7.62. The van der Waals surface area contributed by atoms with E-state index >= 15 is 0 Å². The fourth-order valence-electron chi connectivity index (χ4n) is 1.31. The molecular formula is C10H15N3. The highest BCUT2D eigenvalue weighted by Crippen LogP contribution is 2.06. The predicted molar refractivity (Wildman–Crippen MR) is 52.5 cm³/mol. The standard InChI is InChI=1S/C10H15N3/c1-2-6-12-8-9-13(10-12)7-4-3-5-11/h2,8-9H,1,3-4,6-7,10H2. The van der Waals surface area contributed by atoms with Crippen LogP contribution < -0.4 is 0 Å². The van der Waals surface area contributed by atoms with Crippen molar-refractivity contribution >= 4 is 0 Å². The third-order valence-corrected chi connectivity index (χ3v) is 1.95. The number of hydrogen-bond acceptors (Lipinski definition) is 3. The Morgan fingerprint density at radius 2 is 2.23 bits per heavy atom. The highest BCUT2D eigenvalue weighted by atomic mass is 15.3. The van der Waals surface area contributed by atoms with Gasteiger partial charge in [0.15, 0.2) is 0 Å². The first-order chi connectivity index (χ1) is 6.36. The minimum absolute atomic E-state index is 0.645. The molecule has 0 atom stereocenters. The molecule has 0 aromatic carbocycles. The molecule has 0 aromatic heterocycles. The summed E-state index contributed by atoms with van der Waals surface area (Å²) >= 11 is 0. The van der Waals surface area contributed by atoms with Gasteiger partial charge in [-0.25, -0.2) is 0 Å². The summed E-state index contributed by atoms with van der Waals surface area (Å²) in [5, 5.41) is 8.37. The molecule has 1 heterocycles. The maximum atomic E-state index is 8.37. The van der Waals surface area contributed by atoms with Crippen LogP contribution in [-0.4, -0.2) is 29.6 Å². The molecule has 70 valence electrons. The molecule has 0 aromatic rings. The fourth-order valence-corrected chi connectivity index (χ4v) is 1.31. The van der Waals surface area contributed by atoms with E-state index in [0.717, 1.165) is 26.2 Å². The van der Waals surface area contributed by atoms with Gasteiger partial charge in [-0.1, -0.05) is 6.08 Å². The molecule has 1 aliphatic rings. The van der Waals surface area contributed by atoms with Gasteiger partial charge in [-0.3, -0.25) is 0 Å². The van der Waals surface area contributed by atoms with E-state index in [9.17, 15) is 0 Å². The van der Waals surface area contributed by atoms with Crippen LogP contribution in [0.2, 0.25) is 0 Å². The first kappa shape index (κ1) is 9.66. The third kappa shape index (κ3) is 3.20. The Hall–Kier alpha value is -1.43. The van der Waals surface area contributed by atoms with Crippen LogP contribution in [-0.2, 0) is 0 Å². The Bertz CT molecular complexity index is 227. The van der Waals surface area contributed by atoms with E-state index in [4.69, 9.17) is 5.26 Å². The summed E-state index contributed by atoms with van der Waals surface area (Å²) in [4.78, 5) is 4.39. The molecule has 0 amide bonds. The lowest BCUT2D eigenvalue weighted by Crippen LogP contribution is -2.25. The number of nitriles is 1. The monoisotopic (exact) mass is 177 g/mol. The fraction of sp³-hybridized carbons (Fsp3) is 0.500. The highest BCUT2D eigenvalue weighted by molar-refractivity contribution is 4.93.